The lowest BCUT2D eigenvalue weighted by atomic mass is 10.1. The lowest BCUT2D eigenvalue weighted by molar-refractivity contribution is -0.137. The second-order valence-corrected chi connectivity index (χ2v) is 6.96. The summed E-state index contributed by atoms with van der Waals surface area (Å²) < 4.78 is 37.7. The van der Waals surface area contributed by atoms with E-state index in [0.29, 0.717) is 13.1 Å². The quantitative estimate of drug-likeness (QED) is 0.372. The van der Waals surface area contributed by atoms with Gasteiger partial charge in [0.05, 0.1) is 5.56 Å². The van der Waals surface area contributed by atoms with E-state index in [1.807, 2.05) is 24.3 Å². The summed E-state index contributed by atoms with van der Waals surface area (Å²) in [5.41, 5.74) is 2.35. The van der Waals surface area contributed by atoms with Gasteiger partial charge in [0.2, 0.25) is 0 Å². The number of hydrogen-bond donors (Lipinski definition) is 1. The molecular weight excluding hydrogens is 359 g/mol. The fourth-order valence-corrected chi connectivity index (χ4v) is 2.85. The maximum absolute atomic E-state index is 12.6. The molecule has 150 valence electrons. The average molecular weight is 387 g/mol. The zero-order chi connectivity index (χ0) is 20.2. The Morgan fingerprint density at radius 3 is 1.93 bits per heavy atom. The summed E-state index contributed by atoms with van der Waals surface area (Å²) in [7, 11) is 0. The van der Waals surface area contributed by atoms with E-state index in [-0.39, 0.29) is 0 Å². The Labute approximate surface area is 166 Å². The number of halogens is 3. The van der Waals surface area contributed by atoms with Gasteiger partial charge in [-0.25, -0.2) is 0 Å². The molecule has 1 N–H and O–H groups in total. The standard InChI is InChI=1S/C24H28F3N/c1-2-3-4-5-6-7-8-9-20-10-12-21(13-11-20)18-28-19-22-14-16-23(17-15-22)24(25,26)27/h10-17,28H,2-7,18-19H2,1H3. The monoisotopic (exact) mass is 387 g/mol. The molecule has 0 bridgehead atoms. The van der Waals surface area contributed by atoms with Crippen LogP contribution in [-0.2, 0) is 19.3 Å². The highest BCUT2D eigenvalue weighted by Crippen LogP contribution is 2.29. The minimum Gasteiger partial charge on any atom is -0.309 e. The van der Waals surface area contributed by atoms with Crippen molar-refractivity contribution >= 4 is 0 Å². The Morgan fingerprint density at radius 2 is 1.36 bits per heavy atom. The van der Waals surface area contributed by atoms with Gasteiger partial charge in [0.1, 0.15) is 0 Å². The van der Waals surface area contributed by atoms with E-state index in [2.05, 4.69) is 24.1 Å². The second kappa shape index (κ2) is 11.6. The third-order valence-electron chi connectivity index (χ3n) is 4.53. The molecule has 0 aliphatic heterocycles. The van der Waals surface area contributed by atoms with Crippen molar-refractivity contribution in [2.24, 2.45) is 0 Å². The van der Waals surface area contributed by atoms with E-state index >= 15 is 0 Å². The normalized spacial score (nSPS) is 11.1. The highest BCUT2D eigenvalue weighted by molar-refractivity contribution is 5.36. The van der Waals surface area contributed by atoms with Gasteiger partial charge in [-0.3, -0.25) is 0 Å². The van der Waals surface area contributed by atoms with E-state index in [9.17, 15) is 13.2 Å². The maximum atomic E-state index is 12.6. The smallest absolute Gasteiger partial charge is 0.309 e. The van der Waals surface area contributed by atoms with Crippen LogP contribution < -0.4 is 5.32 Å². The molecule has 0 radical (unpaired) electrons. The molecular formula is C24H28F3N. The van der Waals surface area contributed by atoms with Crippen LogP contribution in [0.4, 0.5) is 13.2 Å². The van der Waals surface area contributed by atoms with Crippen molar-refractivity contribution in [3.05, 3.63) is 70.8 Å². The molecule has 4 heteroatoms. The van der Waals surface area contributed by atoms with Gasteiger partial charge in [-0.1, -0.05) is 68.7 Å². The zero-order valence-electron chi connectivity index (χ0n) is 16.4. The highest BCUT2D eigenvalue weighted by atomic mass is 19.4. The number of hydrogen-bond acceptors (Lipinski definition) is 1. The van der Waals surface area contributed by atoms with Gasteiger partial charge in [0.25, 0.3) is 0 Å². The summed E-state index contributed by atoms with van der Waals surface area (Å²) in [6, 6.07) is 13.4. The first-order chi connectivity index (χ1) is 13.5. The van der Waals surface area contributed by atoms with Gasteiger partial charge < -0.3 is 5.32 Å². The molecule has 2 aromatic rings. The Bertz CT molecular complexity index is 750. The van der Waals surface area contributed by atoms with Crippen molar-refractivity contribution in [2.45, 2.75) is 64.7 Å². The zero-order valence-corrected chi connectivity index (χ0v) is 16.4. The highest BCUT2D eigenvalue weighted by Gasteiger charge is 2.29. The summed E-state index contributed by atoms with van der Waals surface area (Å²) in [5.74, 6) is 6.43. The van der Waals surface area contributed by atoms with Crippen LogP contribution in [0.3, 0.4) is 0 Å². The van der Waals surface area contributed by atoms with Crippen LogP contribution in [0.25, 0.3) is 0 Å². The first-order valence-electron chi connectivity index (χ1n) is 9.93. The molecule has 0 atom stereocenters. The van der Waals surface area contributed by atoms with Gasteiger partial charge in [-0.15, -0.1) is 0 Å². The summed E-state index contributed by atoms with van der Waals surface area (Å²) in [4.78, 5) is 0. The molecule has 1 nitrogen and oxygen atoms in total. The van der Waals surface area contributed by atoms with Crippen LogP contribution in [0.15, 0.2) is 48.5 Å². The van der Waals surface area contributed by atoms with Gasteiger partial charge in [-0.2, -0.15) is 13.2 Å². The molecule has 0 saturated heterocycles. The summed E-state index contributed by atoms with van der Waals surface area (Å²) in [5, 5.41) is 3.25. The average Bonchev–Trinajstić information content (AvgIpc) is 2.68. The first kappa shape index (κ1) is 22.0. The van der Waals surface area contributed by atoms with Gasteiger partial charge in [0.15, 0.2) is 0 Å². The van der Waals surface area contributed by atoms with Gasteiger partial charge in [0, 0.05) is 25.1 Å². The van der Waals surface area contributed by atoms with Crippen molar-refractivity contribution < 1.29 is 13.2 Å². The fraction of sp³-hybridized carbons (Fsp3) is 0.417. The van der Waals surface area contributed by atoms with Crippen molar-refractivity contribution in [2.75, 3.05) is 0 Å². The SMILES string of the molecule is CCCCCCCC#Cc1ccc(CNCc2ccc(C(F)(F)F)cc2)cc1. The van der Waals surface area contributed by atoms with Crippen LogP contribution in [-0.4, -0.2) is 0 Å². The Morgan fingerprint density at radius 1 is 0.786 bits per heavy atom. The largest absolute Gasteiger partial charge is 0.416 e. The van der Waals surface area contributed by atoms with E-state index in [0.717, 1.165) is 35.2 Å². The van der Waals surface area contributed by atoms with E-state index in [1.54, 1.807) is 0 Å². The Kier molecular flexibility index (Phi) is 9.10. The minimum atomic E-state index is -4.29. The molecule has 0 unspecified atom stereocenters. The van der Waals surface area contributed by atoms with Crippen molar-refractivity contribution in [3.8, 4) is 11.8 Å². The van der Waals surface area contributed by atoms with E-state index < -0.39 is 11.7 Å². The van der Waals surface area contributed by atoms with Crippen LogP contribution in [0, 0.1) is 11.8 Å². The first-order valence-corrected chi connectivity index (χ1v) is 9.93. The number of nitrogens with one attached hydrogen (secondary N) is 1. The molecule has 2 rings (SSSR count). The van der Waals surface area contributed by atoms with E-state index in [4.69, 9.17) is 0 Å². The van der Waals surface area contributed by atoms with Crippen molar-refractivity contribution in [1.29, 1.82) is 0 Å². The third-order valence-corrected chi connectivity index (χ3v) is 4.53. The molecule has 0 saturated carbocycles. The number of benzene rings is 2. The number of alkyl halides is 3. The molecule has 2 aromatic carbocycles. The molecule has 0 aromatic heterocycles. The van der Waals surface area contributed by atoms with Crippen molar-refractivity contribution in [1.82, 2.24) is 5.32 Å². The Hall–Kier alpha value is -2.25. The molecule has 28 heavy (non-hydrogen) atoms. The topological polar surface area (TPSA) is 12.0 Å². The Balaban J connectivity index is 1.71. The maximum Gasteiger partial charge on any atom is 0.416 e. The van der Waals surface area contributed by atoms with Crippen LogP contribution >= 0.6 is 0 Å². The molecule has 0 aliphatic rings. The van der Waals surface area contributed by atoms with Crippen molar-refractivity contribution in [3.63, 3.8) is 0 Å². The molecule has 0 spiro atoms. The molecule has 0 amide bonds. The lowest BCUT2D eigenvalue weighted by Crippen LogP contribution is -2.13. The lowest BCUT2D eigenvalue weighted by Gasteiger charge is -2.08. The minimum absolute atomic E-state index is 0.526. The second-order valence-electron chi connectivity index (χ2n) is 6.96. The van der Waals surface area contributed by atoms with Gasteiger partial charge >= 0.3 is 6.18 Å². The molecule has 0 fully saturated rings. The van der Waals surface area contributed by atoms with Crippen LogP contribution in [0.1, 0.15) is 67.7 Å². The predicted molar refractivity (Wildman–Crippen MR) is 109 cm³/mol. The molecule has 0 aliphatic carbocycles. The third kappa shape index (κ3) is 8.19. The summed E-state index contributed by atoms with van der Waals surface area (Å²) in [6.45, 7) is 3.40. The van der Waals surface area contributed by atoms with Crippen LogP contribution in [0.5, 0.6) is 0 Å². The van der Waals surface area contributed by atoms with Crippen LogP contribution in [0.2, 0.25) is 0 Å². The predicted octanol–water partition coefficient (Wildman–Crippen LogP) is 6.71. The summed E-state index contributed by atoms with van der Waals surface area (Å²) >= 11 is 0. The molecule has 0 heterocycles. The van der Waals surface area contributed by atoms with E-state index in [1.165, 1.54) is 44.2 Å². The number of rotatable bonds is 9. The number of unbranched alkanes of at least 4 members (excludes halogenated alkanes) is 5. The fourth-order valence-electron chi connectivity index (χ4n) is 2.85. The summed E-state index contributed by atoms with van der Waals surface area (Å²) in [6.07, 6.45) is 2.95. The van der Waals surface area contributed by atoms with Gasteiger partial charge in [-0.05, 0) is 41.8 Å².